The van der Waals surface area contributed by atoms with Gasteiger partial charge in [-0.15, -0.1) is 0 Å². The van der Waals surface area contributed by atoms with E-state index in [1.54, 1.807) is 6.08 Å². The number of allylic oxidation sites excluding steroid dienone is 13. The van der Waals surface area contributed by atoms with Gasteiger partial charge in [-0.3, -0.25) is 4.79 Å². The third-order valence-electron chi connectivity index (χ3n) is 17.2. The summed E-state index contributed by atoms with van der Waals surface area (Å²) in [5, 5.41) is 121. The van der Waals surface area contributed by atoms with Crippen molar-refractivity contribution in [1.82, 2.24) is 5.32 Å². The van der Waals surface area contributed by atoms with Crippen molar-refractivity contribution in [3.63, 3.8) is 0 Å². The molecule has 0 radical (unpaired) electrons. The second-order valence-electron chi connectivity index (χ2n) is 25.0. The van der Waals surface area contributed by atoms with Gasteiger partial charge in [-0.05, 0) is 70.6 Å². The molecule has 3 rings (SSSR count). The number of hydrogen-bond acceptors (Lipinski definition) is 18. The molecule has 0 spiro atoms. The van der Waals surface area contributed by atoms with Crippen LogP contribution in [-0.2, 0) is 33.2 Å². The molecule has 0 bridgehead atoms. The average molecular weight is 1290 g/mol. The highest BCUT2D eigenvalue weighted by atomic mass is 16.8. The first-order chi connectivity index (χ1) is 44.3. The fourth-order valence-electron chi connectivity index (χ4n) is 11.5. The molecule has 0 aromatic heterocycles. The third-order valence-corrected chi connectivity index (χ3v) is 17.2. The Morgan fingerprint density at radius 2 is 0.758 bits per heavy atom. The van der Waals surface area contributed by atoms with E-state index in [1.165, 1.54) is 103 Å². The molecule has 91 heavy (non-hydrogen) atoms. The van der Waals surface area contributed by atoms with E-state index < -0.39 is 124 Å². The minimum atomic E-state index is -1.98. The van der Waals surface area contributed by atoms with Gasteiger partial charge in [-0.1, -0.05) is 240 Å². The van der Waals surface area contributed by atoms with Crippen molar-refractivity contribution >= 4 is 5.91 Å². The van der Waals surface area contributed by atoms with E-state index in [0.717, 1.165) is 103 Å². The van der Waals surface area contributed by atoms with Crippen molar-refractivity contribution in [3.05, 3.63) is 85.1 Å². The van der Waals surface area contributed by atoms with Gasteiger partial charge >= 0.3 is 0 Å². The first-order valence-electron chi connectivity index (χ1n) is 35.3. The van der Waals surface area contributed by atoms with Crippen LogP contribution in [0.3, 0.4) is 0 Å². The van der Waals surface area contributed by atoms with Crippen molar-refractivity contribution in [2.45, 2.75) is 336 Å². The molecule has 1 amide bonds. The summed E-state index contributed by atoms with van der Waals surface area (Å²) < 4.78 is 34.4. The lowest BCUT2D eigenvalue weighted by Crippen LogP contribution is -2.66. The minimum Gasteiger partial charge on any atom is -0.394 e. The zero-order chi connectivity index (χ0) is 66.1. The van der Waals surface area contributed by atoms with Crippen molar-refractivity contribution in [2.24, 2.45) is 0 Å². The highest BCUT2D eigenvalue weighted by Gasteiger charge is 2.53. The molecule has 0 aromatic rings. The second kappa shape index (κ2) is 53.2. The number of nitrogens with one attached hydrogen (secondary N) is 1. The van der Waals surface area contributed by atoms with Crippen LogP contribution in [0.1, 0.15) is 232 Å². The predicted molar refractivity (Wildman–Crippen MR) is 355 cm³/mol. The van der Waals surface area contributed by atoms with Crippen LogP contribution < -0.4 is 5.32 Å². The smallest absolute Gasteiger partial charge is 0.220 e. The summed E-state index contributed by atoms with van der Waals surface area (Å²) in [6.07, 6.45) is 41.1. The molecule has 3 saturated heterocycles. The van der Waals surface area contributed by atoms with E-state index in [1.807, 2.05) is 6.08 Å². The molecule has 19 heteroatoms. The van der Waals surface area contributed by atoms with E-state index in [-0.39, 0.29) is 18.9 Å². The lowest BCUT2D eigenvalue weighted by Gasteiger charge is -2.48. The maximum Gasteiger partial charge on any atom is 0.220 e. The van der Waals surface area contributed by atoms with Gasteiger partial charge in [0.05, 0.1) is 38.6 Å². The number of unbranched alkanes of at least 4 members (excludes halogenated alkanes) is 25. The number of aliphatic hydroxyl groups excluding tert-OH is 11. The van der Waals surface area contributed by atoms with E-state index in [4.69, 9.17) is 28.4 Å². The number of hydrogen-bond donors (Lipinski definition) is 12. The number of carbonyl (C=O) groups is 1. The van der Waals surface area contributed by atoms with E-state index in [9.17, 15) is 61.0 Å². The topological polar surface area (TPSA) is 307 Å². The van der Waals surface area contributed by atoms with Crippen molar-refractivity contribution in [3.8, 4) is 0 Å². The van der Waals surface area contributed by atoms with Gasteiger partial charge in [0.1, 0.15) is 73.2 Å². The Morgan fingerprint density at radius 3 is 1.19 bits per heavy atom. The maximum atomic E-state index is 13.4. The van der Waals surface area contributed by atoms with Crippen molar-refractivity contribution < 1.29 is 89.4 Å². The average Bonchev–Trinajstić information content (AvgIpc) is 0.885. The zero-order valence-electron chi connectivity index (χ0n) is 55.5. The molecular weight excluding hydrogens is 1170 g/mol. The van der Waals surface area contributed by atoms with Gasteiger partial charge in [-0.2, -0.15) is 0 Å². The zero-order valence-corrected chi connectivity index (χ0v) is 55.5. The van der Waals surface area contributed by atoms with Crippen LogP contribution in [0.15, 0.2) is 85.1 Å². The molecule has 17 unspecified atom stereocenters. The first kappa shape index (κ1) is 82.2. The predicted octanol–water partition coefficient (Wildman–Crippen LogP) is 9.49. The number of rotatable bonds is 53. The number of amides is 1. The molecule has 3 aliphatic heterocycles. The Labute approximate surface area is 546 Å². The number of carbonyl (C=O) groups excluding carboxylic acids is 1. The lowest BCUT2D eigenvalue weighted by molar-refractivity contribution is -0.379. The number of ether oxygens (including phenoxy) is 6. The van der Waals surface area contributed by atoms with Crippen molar-refractivity contribution in [2.75, 3.05) is 26.4 Å². The van der Waals surface area contributed by atoms with Crippen molar-refractivity contribution in [1.29, 1.82) is 0 Å². The normalized spacial score (nSPS) is 28.4. The summed E-state index contributed by atoms with van der Waals surface area (Å²) in [5.74, 6) is -0.286. The van der Waals surface area contributed by atoms with E-state index in [2.05, 4.69) is 92.1 Å². The largest absolute Gasteiger partial charge is 0.394 e. The molecule has 12 N–H and O–H groups in total. The van der Waals surface area contributed by atoms with Gasteiger partial charge in [-0.25, -0.2) is 0 Å². The first-order valence-corrected chi connectivity index (χ1v) is 35.3. The summed E-state index contributed by atoms with van der Waals surface area (Å²) in [4.78, 5) is 13.4. The molecule has 17 atom stereocenters. The highest BCUT2D eigenvalue weighted by molar-refractivity contribution is 5.76. The molecule has 3 fully saturated rings. The van der Waals surface area contributed by atoms with Gasteiger partial charge < -0.3 is 89.9 Å². The summed E-state index contributed by atoms with van der Waals surface area (Å²) in [7, 11) is 0. The molecular formula is C72H125NO18. The summed E-state index contributed by atoms with van der Waals surface area (Å²) in [5.41, 5.74) is 0. The van der Waals surface area contributed by atoms with Crippen LogP contribution >= 0.6 is 0 Å². The standard InChI is InChI=1S/C72H125NO18/c1-3-5-7-9-11-13-15-17-19-21-23-24-25-26-27-28-29-30-32-34-36-38-40-42-44-46-48-50-60(78)73-55(56(77)49-47-45-43-41-39-37-35-33-31-22-20-18-16-14-12-10-8-6-4-2)54-86-70-66(84)63(81)68(58(52-75)88-70)91-72-67(85)64(82)69(59(53-76)89-72)90-71-65(83)62(80)61(79)57(51-74)87-71/h5,7,11,13,17,19,23-24,26-27,29-30,47,49,55-59,61-72,74-77,79-85H,3-4,6,8-10,12,14-16,18,20-22,25,28,31-46,48,50-54H2,1-2H3,(H,73,78)/b7-5-,13-11-,19-17-,24-23-,27-26-,30-29-,49-47+. The highest BCUT2D eigenvalue weighted by Crippen LogP contribution is 2.33. The number of aliphatic hydroxyl groups is 11. The monoisotopic (exact) mass is 1290 g/mol. The Balaban J connectivity index is 1.44. The SMILES string of the molecule is CC/C=C\C/C=C\C/C=C\C/C=C\C/C=C\C/C=C\CCCCCCCCCCC(=O)NC(COC1OC(CO)C(OC2OC(CO)C(OC3OC(CO)C(O)C(O)C3O)C(O)C2O)C(O)C1O)C(O)/C=C/CCCCCCCCCCCCCCCCCCC. The van der Waals surface area contributed by atoms with Gasteiger partial charge in [0.2, 0.25) is 5.91 Å². The van der Waals surface area contributed by atoms with Crippen LogP contribution in [0.25, 0.3) is 0 Å². The van der Waals surface area contributed by atoms with Crippen LogP contribution in [0.2, 0.25) is 0 Å². The Kier molecular flexibility index (Phi) is 48.0. The second-order valence-corrected chi connectivity index (χ2v) is 25.0. The fraction of sp³-hybridized carbons (Fsp3) is 0.792. The lowest BCUT2D eigenvalue weighted by atomic mass is 9.96. The Morgan fingerprint density at radius 1 is 0.407 bits per heavy atom. The Bertz CT molecular complexity index is 1980. The Hall–Kier alpha value is -3.03. The third kappa shape index (κ3) is 35.0. The minimum absolute atomic E-state index is 0.229. The molecule has 3 aliphatic rings. The fourth-order valence-corrected chi connectivity index (χ4v) is 11.5. The van der Waals surface area contributed by atoms with E-state index in [0.29, 0.717) is 6.42 Å². The molecule has 3 heterocycles. The van der Waals surface area contributed by atoms with Crippen LogP contribution in [0.5, 0.6) is 0 Å². The summed E-state index contributed by atoms with van der Waals surface area (Å²) >= 11 is 0. The molecule has 19 nitrogen and oxygen atoms in total. The molecule has 526 valence electrons. The molecule has 0 saturated carbocycles. The van der Waals surface area contributed by atoms with Gasteiger partial charge in [0.15, 0.2) is 18.9 Å². The van der Waals surface area contributed by atoms with Crippen LogP contribution in [0.4, 0.5) is 0 Å². The quantitative estimate of drug-likeness (QED) is 0.0199. The maximum absolute atomic E-state index is 13.4. The molecule has 0 aliphatic carbocycles. The van der Waals surface area contributed by atoms with Crippen LogP contribution in [0, 0.1) is 0 Å². The van der Waals surface area contributed by atoms with Gasteiger partial charge in [0.25, 0.3) is 0 Å². The summed E-state index contributed by atoms with van der Waals surface area (Å²) in [6.45, 7) is 1.62. The van der Waals surface area contributed by atoms with Gasteiger partial charge in [0, 0.05) is 6.42 Å². The summed E-state index contributed by atoms with van der Waals surface area (Å²) in [6, 6.07) is -0.984. The van der Waals surface area contributed by atoms with E-state index >= 15 is 0 Å². The van der Waals surface area contributed by atoms with Crippen LogP contribution in [-0.4, -0.2) is 193 Å². The molecule has 0 aromatic carbocycles.